The first-order valence-corrected chi connectivity index (χ1v) is 11.7. The van der Waals surface area contributed by atoms with Gasteiger partial charge in [0.05, 0.1) is 30.1 Å². The number of pyridine rings is 1. The molecular formula is C25H28FN7O. The largest absolute Gasteiger partial charge is 0.378 e. The molecule has 3 aromatic rings. The van der Waals surface area contributed by atoms with Crippen LogP contribution >= 0.6 is 0 Å². The molecule has 9 heteroatoms. The summed E-state index contributed by atoms with van der Waals surface area (Å²) in [6.45, 7) is 6.26. The van der Waals surface area contributed by atoms with Crippen LogP contribution in [0.1, 0.15) is 29.8 Å². The molecule has 0 saturated carbocycles. The van der Waals surface area contributed by atoms with Crippen LogP contribution in [0.5, 0.6) is 0 Å². The predicted molar refractivity (Wildman–Crippen MR) is 127 cm³/mol. The number of nitriles is 1. The predicted octanol–water partition coefficient (Wildman–Crippen LogP) is 2.27. The number of anilines is 2. The fourth-order valence-corrected chi connectivity index (χ4v) is 5.95. The lowest BCUT2D eigenvalue weighted by Gasteiger charge is -2.43. The number of nitrogens with zero attached hydrogens (tertiary/aromatic N) is 6. The monoisotopic (exact) mass is 461 g/mol. The molecular weight excluding hydrogens is 433 g/mol. The van der Waals surface area contributed by atoms with E-state index >= 15 is 0 Å². The van der Waals surface area contributed by atoms with Crippen molar-refractivity contribution < 1.29 is 9.13 Å². The summed E-state index contributed by atoms with van der Waals surface area (Å²) >= 11 is 0. The summed E-state index contributed by atoms with van der Waals surface area (Å²) in [5.74, 6) is -0.406. The molecule has 2 saturated heterocycles. The number of benzene rings is 1. The smallest absolute Gasteiger partial charge is 0.171 e. The molecule has 2 fully saturated rings. The molecule has 0 radical (unpaired) electrons. The second-order valence-electron chi connectivity index (χ2n) is 9.64. The van der Waals surface area contributed by atoms with Crippen LogP contribution in [0.15, 0.2) is 36.5 Å². The molecule has 6 rings (SSSR count). The minimum absolute atomic E-state index is 0.0198. The highest BCUT2D eigenvalue weighted by atomic mass is 19.1. The number of fused-ring (bicyclic) bond motifs is 4. The van der Waals surface area contributed by atoms with Crippen LogP contribution in [0.25, 0.3) is 5.52 Å². The van der Waals surface area contributed by atoms with Crippen molar-refractivity contribution >= 4 is 16.9 Å². The number of halogens is 1. The number of rotatable bonds is 3. The lowest BCUT2D eigenvalue weighted by molar-refractivity contribution is 0.108. The van der Waals surface area contributed by atoms with Gasteiger partial charge in [-0.05, 0) is 42.3 Å². The fraction of sp³-hybridized carbons (Fsp3) is 0.440. The quantitative estimate of drug-likeness (QED) is 0.640. The maximum absolute atomic E-state index is 14.7. The Kier molecular flexibility index (Phi) is 4.99. The lowest BCUT2D eigenvalue weighted by Crippen LogP contribution is -2.51. The van der Waals surface area contributed by atoms with Crippen LogP contribution in [-0.2, 0) is 11.3 Å². The molecule has 1 aromatic carbocycles. The summed E-state index contributed by atoms with van der Waals surface area (Å²) in [6, 6.07) is 12.9. The average molecular weight is 462 g/mol. The SMILES string of the molecule is CO[C@@H]1CN(c2ccc3c(c2)CN2[C@H](C)CN(c4ccc(C#N)n5ncc(F)c45)C[C@H]32)C[C@H]1N. The number of nitrogens with two attached hydrogens (primary N) is 1. The highest BCUT2D eigenvalue weighted by Crippen LogP contribution is 2.42. The van der Waals surface area contributed by atoms with E-state index in [1.54, 1.807) is 13.2 Å². The maximum Gasteiger partial charge on any atom is 0.171 e. The van der Waals surface area contributed by atoms with E-state index < -0.39 is 5.82 Å². The zero-order valence-electron chi connectivity index (χ0n) is 19.4. The van der Waals surface area contributed by atoms with Gasteiger partial charge in [-0.15, -0.1) is 0 Å². The maximum atomic E-state index is 14.7. The van der Waals surface area contributed by atoms with E-state index in [1.165, 1.54) is 27.5 Å². The van der Waals surface area contributed by atoms with Gasteiger partial charge in [-0.3, -0.25) is 4.90 Å². The molecule has 0 unspecified atom stereocenters. The first-order chi connectivity index (χ1) is 16.5. The summed E-state index contributed by atoms with van der Waals surface area (Å²) in [7, 11) is 1.72. The molecule has 0 spiro atoms. The molecule has 0 aliphatic carbocycles. The Labute approximate surface area is 197 Å². The van der Waals surface area contributed by atoms with Gasteiger partial charge in [-0.2, -0.15) is 10.4 Å². The van der Waals surface area contributed by atoms with Crippen LogP contribution in [0.3, 0.4) is 0 Å². The molecule has 0 bridgehead atoms. The lowest BCUT2D eigenvalue weighted by atomic mass is 10.0. The van der Waals surface area contributed by atoms with Gasteiger partial charge in [-0.25, -0.2) is 8.91 Å². The Morgan fingerprint density at radius 2 is 2.00 bits per heavy atom. The summed E-state index contributed by atoms with van der Waals surface area (Å²) < 4.78 is 21.6. The molecule has 8 nitrogen and oxygen atoms in total. The highest BCUT2D eigenvalue weighted by molar-refractivity contribution is 5.75. The van der Waals surface area contributed by atoms with E-state index in [2.05, 4.69) is 51.0 Å². The fourth-order valence-electron chi connectivity index (χ4n) is 5.95. The third-order valence-electron chi connectivity index (χ3n) is 7.71. The third-order valence-corrected chi connectivity index (χ3v) is 7.71. The Morgan fingerprint density at radius 1 is 1.15 bits per heavy atom. The number of piperazine rings is 1. The van der Waals surface area contributed by atoms with E-state index in [4.69, 9.17) is 10.5 Å². The molecule has 2 N–H and O–H groups in total. The van der Waals surface area contributed by atoms with Crippen molar-refractivity contribution in [3.8, 4) is 6.07 Å². The standard InChI is InChI=1S/C25H28FN7O/c1-15-10-31(22-6-4-18(8-27)33-25(22)20(26)9-29-33)13-23-19-5-3-17(7-16(19)11-32(15)23)30-12-21(28)24(14-30)34-2/h3-7,9,15,21,23-24H,10-14,28H2,1-2H3/t15-,21-,23-,24-/m1/s1. The van der Waals surface area contributed by atoms with Gasteiger partial charge >= 0.3 is 0 Å². The van der Waals surface area contributed by atoms with E-state index in [0.29, 0.717) is 11.2 Å². The van der Waals surface area contributed by atoms with Gasteiger partial charge in [0, 0.05) is 51.6 Å². The van der Waals surface area contributed by atoms with Gasteiger partial charge in [0.2, 0.25) is 0 Å². The summed E-state index contributed by atoms with van der Waals surface area (Å²) in [6.07, 6.45) is 1.24. The Bertz CT molecular complexity index is 1300. The zero-order chi connectivity index (χ0) is 23.6. The first-order valence-electron chi connectivity index (χ1n) is 11.7. The van der Waals surface area contributed by atoms with Crippen LogP contribution in [-0.4, -0.2) is 66.0 Å². The number of hydrogen-bond acceptors (Lipinski definition) is 7. The summed E-state index contributed by atoms with van der Waals surface area (Å²) in [5, 5.41) is 13.5. The van der Waals surface area contributed by atoms with Crippen molar-refractivity contribution in [1.82, 2.24) is 14.5 Å². The second-order valence-corrected chi connectivity index (χ2v) is 9.64. The molecule has 5 heterocycles. The molecule has 3 aliphatic heterocycles. The molecule has 4 atom stereocenters. The Morgan fingerprint density at radius 3 is 2.76 bits per heavy atom. The minimum Gasteiger partial charge on any atom is -0.378 e. The zero-order valence-corrected chi connectivity index (χ0v) is 19.4. The first kappa shape index (κ1) is 21.4. The summed E-state index contributed by atoms with van der Waals surface area (Å²) in [5.41, 5.74) is 11.6. The van der Waals surface area contributed by atoms with E-state index in [9.17, 15) is 9.65 Å². The average Bonchev–Trinajstić information content (AvgIpc) is 3.53. The molecule has 3 aliphatic rings. The molecule has 34 heavy (non-hydrogen) atoms. The van der Waals surface area contributed by atoms with Crippen molar-refractivity contribution in [2.45, 2.75) is 37.7 Å². The Hall–Kier alpha value is -3.19. The number of methoxy groups -OCH3 is 1. The molecule has 176 valence electrons. The normalized spacial score (nSPS) is 26.7. The van der Waals surface area contributed by atoms with Crippen LogP contribution in [0, 0.1) is 17.1 Å². The van der Waals surface area contributed by atoms with Gasteiger partial charge < -0.3 is 20.3 Å². The van der Waals surface area contributed by atoms with Crippen molar-refractivity contribution in [3.63, 3.8) is 0 Å². The van der Waals surface area contributed by atoms with Crippen molar-refractivity contribution in [3.05, 3.63) is 59.2 Å². The summed E-state index contributed by atoms with van der Waals surface area (Å²) in [4.78, 5) is 7.08. The van der Waals surface area contributed by atoms with E-state index in [-0.39, 0.29) is 24.2 Å². The van der Waals surface area contributed by atoms with Crippen molar-refractivity contribution in [2.75, 3.05) is 43.1 Å². The molecule has 2 aromatic heterocycles. The van der Waals surface area contributed by atoms with Gasteiger partial charge in [-0.1, -0.05) is 6.07 Å². The highest BCUT2D eigenvalue weighted by Gasteiger charge is 2.40. The van der Waals surface area contributed by atoms with Crippen LogP contribution in [0.2, 0.25) is 0 Å². The Balaban J connectivity index is 1.31. The number of hydrogen-bond donors (Lipinski definition) is 1. The van der Waals surface area contributed by atoms with Crippen LogP contribution in [0.4, 0.5) is 15.8 Å². The van der Waals surface area contributed by atoms with Gasteiger partial charge in [0.15, 0.2) is 5.82 Å². The van der Waals surface area contributed by atoms with Crippen LogP contribution < -0.4 is 15.5 Å². The van der Waals surface area contributed by atoms with Crippen molar-refractivity contribution in [1.29, 1.82) is 5.26 Å². The minimum atomic E-state index is -0.406. The van der Waals surface area contributed by atoms with E-state index in [0.717, 1.165) is 38.4 Å². The van der Waals surface area contributed by atoms with E-state index in [1.807, 2.05) is 6.07 Å². The number of ether oxygens (including phenoxy) is 1. The molecule has 0 amide bonds. The second kappa shape index (κ2) is 7.94. The van der Waals surface area contributed by atoms with Crippen molar-refractivity contribution in [2.24, 2.45) is 5.73 Å². The third kappa shape index (κ3) is 3.17. The topological polar surface area (TPSA) is 86.1 Å². The van der Waals surface area contributed by atoms with Gasteiger partial charge in [0.25, 0.3) is 0 Å². The van der Waals surface area contributed by atoms with Gasteiger partial charge in [0.1, 0.15) is 17.3 Å². The number of aromatic nitrogens is 2.